The Kier molecular flexibility index (Phi) is 5.24. The van der Waals surface area contributed by atoms with E-state index < -0.39 is 5.54 Å². The minimum absolute atomic E-state index is 0.357. The van der Waals surface area contributed by atoms with Crippen LogP contribution in [0.25, 0.3) is 0 Å². The van der Waals surface area contributed by atoms with Gasteiger partial charge in [-0.3, -0.25) is 5.32 Å². The van der Waals surface area contributed by atoms with Crippen molar-refractivity contribution in [3.8, 4) is 6.07 Å². The Hall–Kier alpha value is -0.590. The predicted molar refractivity (Wildman–Crippen MR) is 65.1 cm³/mol. The number of nitrogens with one attached hydrogen (secondary N) is 1. The lowest BCUT2D eigenvalue weighted by molar-refractivity contribution is -0.00401. The van der Waals surface area contributed by atoms with Crippen LogP contribution in [-0.2, 0) is 4.74 Å². The van der Waals surface area contributed by atoms with Crippen LogP contribution in [0.2, 0.25) is 0 Å². The lowest BCUT2D eigenvalue weighted by Crippen LogP contribution is -2.46. The van der Waals surface area contributed by atoms with E-state index in [9.17, 15) is 0 Å². The maximum absolute atomic E-state index is 9.11. The average Bonchev–Trinajstić information content (AvgIpc) is 2.27. The molecule has 0 amide bonds. The van der Waals surface area contributed by atoms with Gasteiger partial charge in [0.2, 0.25) is 0 Å². The summed E-state index contributed by atoms with van der Waals surface area (Å²) in [6.07, 6.45) is 5.24. The van der Waals surface area contributed by atoms with Crippen LogP contribution in [0.1, 0.15) is 46.5 Å². The molecule has 0 heterocycles. The molecular formula is C13H24N2O. The maximum atomic E-state index is 9.11. The molecule has 92 valence electrons. The first-order valence-corrected chi connectivity index (χ1v) is 6.37. The van der Waals surface area contributed by atoms with Gasteiger partial charge in [-0.05, 0) is 32.2 Å². The molecule has 1 saturated carbocycles. The van der Waals surface area contributed by atoms with E-state index >= 15 is 0 Å². The van der Waals surface area contributed by atoms with Crippen LogP contribution in [0.3, 0.4) is 0 Å². The van der Waals surface area contributed by atoms with Gasteiger partial charge in [0.05, 0.1) is 18.8 Å². The molecule has 0 aromatic rings. The zero-order valence-electron chi connectivity index (χ0n) is 10.8. The number of nitrogens with zero attached hydrogens (tertiary/aromatic N) is 1. The molecule has 3 atom stereocenters. The largest absolute Gasteiger partial charge is 0.375 e. The van der Waals surface area contributed by atoms with Gasteiger partial charge in [-0.1, -0.05) is 26.7 Å². The van der Waals surface area contributed by atoms with Gasteiger partial charge >= 0.3 is 0 Å². The van der Waals surface area contributed by atoms with E-state index in [4.69, 9.17) is 10.00 Å². The average molecular weight is 224 g/mol. The normalized spacial score (nSPS) is 29.4. The molecule has 0 saturated heterocycles. The summed E-state index contributed by atoms with van der Waals surface area (Å²) in [5.74, 6) is 0.770. The van der Waals surface area contributed by atoms with E-state index in [1.54, 1.807) is 0 Å². The Balaban J connectivity index is 2.34. The number of ether oxygens (including phenoxy) is 1. The van der Waals surface area contributed by atoms with Crippen molar-refractivity contribution >= 4 is 0 Å². The summed E-state index contributed by atoms with van der Waals surface area (Å²) in [6.45, 7) is 7.49. The molecule has 1 rings (SSSR count). The molecule has 0 aliphatic heterocycles. The Morgan fingerprint density at radius 1 is 1.50 bits per heavy atom. The maximum Gasteiger partial charge on any atom is 0.127 e. The third kappa shape index (κ3) is 4.11. The van der Waals surface area contributed by atoms with E-state index in [0.717, 1.165) is 25.3 Å². The SMILES string of the molecule is CCNC(C)(C#N)COC1CCCC(C)C1. The first-order valence-electron chi connectivity index (χ1n) is 6.37. The summed E-state index contributed by atoms with van der Waals surface area (Å²) in [5, 5.41) is 12.3. The lowest BCUT2D eigenvalue weighted by atomic mass is 9.88. The second-order valence-electron chi connectivity index (χ2n) is 5.18. The van der Waals surface area contributed by atoms with Gasteiger partial charge in [0.15, 0.2) is 0 Å². The molecular weight excluding hydrogens is 200 g/mol. The lowest BCUT2D eigenvalue weighted by Gasteiger charge is -2.30. The molecule has 0 bridgehead atoms. The van der Waals surface area contributed by atoms with E-state index in [0.29, 0.717) is 12.7 Å². The Morgan fingerprint density at radius 3 is 2.81 bits per heavy atom. The summed E-state index contributed by atoms with van der Waals surface area (Å²) in [7, 11) is 0. The highest BCUT2D eigenvalue weighted by molar-refractivity contribution is 5.03. The van der Waals surface area contributed by atoms with Crippen LogP contribution in [0.4, 0.5) is 0 Å². The van der Waals surface area contributed by atoms with E-state index in [1.165, 1.54) is 12.8 Å². The standard InChI is InChI=1S/C13H24N2O/c1-4-15-13(3,9-14)10-16-12-7-5-6-11(2)8-12/h11-12,15H,4-8,10H2,1-3H3. The molecule has 0 radical (unpaired) electrons. The van der Waals surface area contributed by atoms with Crippen molar-refractivity contribution in [2.45, 2.75) is 58.1 Å². The summed E-state index contributed by atoms with van der Waals surface area (Å²) in [4.78, 5) is 0. The molecule has 1 aliphatic rings. The molecule has 0 aromatic carbocycles. The van der Waals surface area contributed by atoms with Gasteiger partial charge in [0.1, 0.15) is 5.54 Å². The second kappa shape index (κ2) is 6.22. The van der Waals surface area contributed by atoms with E-state index in [2.05, 4.69) is 18.3 Å². The van der Waals surface area contributed by atoms with Gasteiger partial charge < -0.3 is 4.74 Å². The first kappa shape index (κ1) is 13.5. The number of hydrogen-bond acceptors (Lipinski definition) is 3. The van der Waals surface area contributed by atoms with Crippen molar-refractivity contribution in [1.29, 1.82) is 5.26 Å². The second-order valence-corrected chi connectivity index (χ2v) is 5.18. The smallest absolute Gasteiger partial charge is 0.127 e. The molecule has 3 nitrogen and oxygen atoms in total. The number of hydrogen-bond donors (Lipinski definition) is 1. The molecule has 16 heavy (non-hydrogen) atoms. The van der Waals surface area contributed by atoms with Gasteiger partial charge in [0, 0.05) is 0 Å². The van der Waals surface area contributed by atoms with Crippen LogP contribution >= 0.6 is 0 Å². The fourth-order valence-corrected chi connectivity index (χ4v) is 2.33. The predicted octanol–water partition coefficient (Wildman–Crippen LogP) is 2.47. The third-order valence-electron chi connectivity index (χ3n) is 3.31. The Labute approximate surface area is 99.2 Å². The molecule has 0 spiro atoms. The fraction of sp³-hybridized carbons (Fsp3) is 0.923. The summed E-state index contributed by atoms with van der Waals surface area (Å²) in [5.41, 5.74) is -0.532. The zero-order valence-corrected chi connectivity index (χ0v) is 10.8. The van der Waals surface area contributed by atoms with Crippen molar-refractivity contribution in [2.75, 3.05) is 13.2 Å². The van der Waals surface area contributed by atoms with Crippen LogP contribution in [0.5, 0.6) is 0 Å². The van der Waals surface area contributed by atoms with Crippen molar-refractivity contribution in [2.24, 2.45) is 5.92 Å². The summed E-state index contributed by atoms with van der Waals surface area (Å²) >= 11 is 0. The van der Waals surface area contributed by atoms with Gasteiger partial charge in [0.25, 0.3) is 0 Å². The van der Waals surface area contributed by atoms with Crippen LogP contribution in [0.15, 0.2) is 0 Å². The van der Waals surface area contributed by atoms with Gasteiger partial charge in [-0.2, -0.15) is 5.26 Å². The van der Waals surface area contributed by atoms with Crippen molar-refractivity contribution in [3.63, 3.8) is 0 Å². The van der Waals surface area contributed by atoms with Crippen LogP contribution in [-0.4, -0.2) is 24.8 Å². The van der Waals surface area contributed by atoms with Crippen molar-refractivity contribution in [3.05, 3.63) is 0 Å². The van der Waals surface area contributed by atoms with Crippen LogP contribution < -0.4 is 5.32 Å². The minimum Gasteiger partial charge on any atom is -0.375 e. The highest BCUT2D eigenvalue weighted by Gasteiger charge is 2.26. The Morgan fingerprint density at radius 2 is 2.25 bits per heavy atom. The highest BCUT2D eigenvalue weighted by Crippen LogP contribution is 2.26. The zero-order chi connectivity index (χ0) is 12.0. The number of likely N-dealkylation sites (N-methyl/N-ethyl adjacent to an activating group) is 1. The van der Waals surface area contributed by atoms with E-state index in [1.807, 2.05) is 13.8 Å². The first-order chi connectivity index (χ1) is 7.59. The monoisotopic (exact) mass is 224 g/mol. The van der Waals surface area contributed by atoms with Crippen molar-refractivity contribution < 1.29 is 4.74 Å². The molecule has 1 aliphatic carbocycles. The van der Waals surface area contributed by atoms with Crippen molar-refractivity contribution in [1.82, 2.24) is 5.32 Å². The molecule has 3 unspecified atom stereocenters. The van der Waals surface area contributed by atoms with E-state index in [-0.39, 0.29) is 0 Å². The Bertz CT molecular complexity index is 249. The number of nitriles is 1. The number of rotatable bonds is 5. The van der Waals surface area contributed by atoms with Gasteiger partial charge in [-0.25, -0.2) is 0 Å². The summed E-state index contributed by atoms with van der Waals surface area (Å²) < 4.78 is 5.88. The quantitative estimate of drug-likeness (QED) is 0.780. The molecule has 0 aromatic heterocycles. The summed E-state index contributed by atoms with van der Waals surface area (Å²) in [6, 6.07) is 2.29. The molecule has 3 heteroatoms. The molecule has 1 fully saturated rings. The third-order valence-corrected chi connectivity index (χ3v) is 3.31. The fourth-order valence-electron chi connectivity index (χ4n) is 2.33. The topological polar surface area (TPSA) is 45.0 Å². The molecule has 1 N–H and O–H groups in total. The van der Waals surface area contributed by atoms with Crippen LogP contribution in [0, 0.1) is 17.2 Å². The minimum atomic E-state index is -0.532. The van der Waals surface area contributed by atoms with Gasteiger partial charge in [-0.15, -0.1) is 0 Å². The highest BCUT2D eigenvalue weighted by atomic mass is 16.5.